The third-order valence-corrected chi connectivity index (χ3v) is 1.23. The summed E-state index contributed by atoms with van der Waals surface area (Å²) < 4.78 is 31.7. The summed E-state index contributed by atoms with van der Waals surface area (Å²) in [4.78, 5) is 8.90. The van der Waals surface area contributed by atoms with Crippen molar-refractivity contribution in [3.05, 3.63) is 0 Å². The van der Waals surface area contributed by atoms with E-state index in [0.717, 1.165) is 6.42 Å². The summed E-state index contributed by atoms with van der Waals surface area (Å²) in [6.07, 6.45) is -4.01. The fourth-order valence-corrected chi connectivity index (χ4v) is 1.37. The molecular weight excluding hydrogens is 223 g/mol. The van der Waals surface area contributed by atoms with Gasteiger partial charge in [0, 0.05) is 5.54 Å². The third-order valence-electron chi connectivity index (χ3n) is 1.23. The molecule has 3 nitrogen and oxygen atoms in total. The molecule has 0 heterocycles. The van der Waals surface area contributed by atoms with Gasteiger partial charge in [0.05, 0.1) is 0 Å². The highest BCUT2D eigenvalue weighted by Gasteiger charge is 2.38. The fraction of sp³-hybridized carbons (Fsp3) is 0.900. The van der Waals surface area contributed by atoms with Gasteiger partial charge in [-0.1, -0.05) is 20.8 Å². The fourth-order valence-electron chi connectivity index (χ4n) is 1.37. The molecule has 0 bridgehead atoms. The van der Waals surface area contributed by atoms with Crippen molar-refractivity contribution in [2.75, 3.05) is 0 Å². The highest BCUT2D eigenvalue weighted by Crippen LogP contribution is 2.24. The largest absolute Gasteiger partial charge is 0.490 e. The number of carboxylic acid groups (broad SMARTS) is 1. The first-order chi connectivity index (χ1) is 6.65. The van der Waals surface area contributed by atoms with Crippen molar-refractivity contribution in [2.45, 2.75) is 52.8 Å². The van der Waals surface area contributed by atoms with E-state index in [2.05, 4.69) is 34.6 Å². The van der Waals surface area contributed by atoms with E-state index in [0.29, 0.717) is 5.41 Å². The Morgan fingerprint density at radius 3 is 1.38 bits per heavy atom. The predicted octanol–water partition coefficient (Wildman–Crippen LogP) is 2.79. The van der Waals surface area contributed by atoms with Crippen molar-refractivity contribution in [3.8, 4) is 0 Å². The van der Waals surface area contributed by atoms with E-state index in [-0.39, 0.29) is 5.54 Å². The second-order valence-electron chi connectivity index (χ2n) is 5.53. The second-order valence-corrected chi connectivity index (χ2v) is 5.53. The summed E-state index contributed by atoms with van der Waals surface area (Å²) >= 11 is 0. The summed E-state index contributed by atoms with van der Waals surface area (Å²) in [7, 11) is 0. The van der Waals surface area contributed by atoms with E-state index >= 15 is 0 Å². The molecule has 0 fully saturated rings. The lowest BCUT2D eigenvalue weighted by atomic mass is 9.82. The number of rotatable bonds is 1. The molecule has 3 N–H and O–H groups in total. The number of alkyl halides is 3. The van der Waals surface area contributed by atoms with Crippen LogP contribution in [0.15, 0.2) is 0 Å². The van der Waals surface area contributed by atoms with Crippen LogP contribution in [0.25, 0.3) is 0 Å². The van der Waals surface area contributed by atoms with Crippen molar-refractivity contribution in [1.82, 2.24) is 0 Å². The van der Waals surface area contributed by atoms with Gasteiger partial charge in [-0.3, -0.25) is 0 Å². The molecule has 0 aromatic heterocycles. The Kier molecular flexibility index (Phi) is 6.07. The van der Waals surface area contributed by atoms with Crippen LogP contribution in [0.1, 0.15) is 41.0 Å². The minimum atomic E-state index is -5.08. The molecule has 0 atom stereocenters. The molecule has 0 rings (SSSR count). The Morgan fingerprint density at radius 1 is 1.12 bits per heavy atom. The van der Waals surface area contributed by atoms with Gasteiger partial charge in [0.2, 0.25) is 0 Å². The first kappa shape index (κ1) is 17.6. The zero-order valence-corrected chi connectivity index (χ0v) is 10.3. The lowest BCUT2D eigenvalue weighted by molar-refractivity contribution is -0.192. The minimum absolute atomic E-state index is 0.0156. The second kappa shape index (κ2) is 5.52. The number of aliphatic carboxylic acids is 1. The summed E-state index contributed by atoms with van der Waals surface area (Å²) in [5.74, 6) is -2.76. The maximum absolute atomic E-state index is 10.6. The van der Waals surface area contributed by atoms with Crippen molar-refractivity contribution in [2.24, 2.45) is 11.1 Å². The van der Waals surface area contributed by atoms with Crippen LogP contribution in [-0.2, 0) is 4.79 Å². The van der Waals surface area contributed by atoms with Gasteiger partial charge in [-0.25, -0.2) is 4.79 Å². The molecule has 16 heavy (non-hydrogen) atoms. The van der Waals surface area contributed by atoms with Gasteiger partial charge in [0.25, 0.3) is 0 Å². The summed E-state index contributed by atoms with van der Waals surface area (Å²) in [5.41, 5.74) is 6.17. The number of hydrogen-bond acceptors (Lipinski definition) is 2. The van der Waals surface area contributed by atoms with Crippen LogP contribution in [0.4, 0.5) is 13.2 Å². The molecule has 98 valence electrons. The van der Waals surface area contributed by atoms with Crippen LogP contribution in [0, 0.1) is 5.41 Å². The van der Waals surface area contributed by atoms with Gasteiger partial charge in [0.1, 0.15) is 0 Å². The van der Waals surface area contributed by atoms with Crippen LogP contribution >= 0.6 is 0 Å². The maximum Gasteiger partial charge on any atom is 0.490 e. The quantitative estimate of drug-likeness (QED) is 0.744. The molecular formula is C10H20F3NO2. The Hall–Kier alpha value is -0.780. The first-order valence-electron chi connectivity index (χ1n) is 4.74. The number of carboxylic acids is 1. The molecule has 0 unspecified atom stereocenters. The number of hydrogen-bond donors (Lipinski definition) is 2. The van der Waals surface area contributed by atoms with Crippen molar-refractivity contribution < 1.29 is 23.1 Å². The topological polar surface area (TPSA) is 63.3 Å². The average Bonchev–Trinajstić information content (AvgIpc) is 1.75. The number of carbonyl (C=O) groups is 1. The molecule has 0 saturated heterocycles. The van der Waals surface area contributed by atoms with E-state index < -0.39 is 12.1 Å². The van der Waals surface area contributed by atoms with Gasteiger partial charge in [-0.05, 0) is 25.7 Å². The minimum Gasteiger partial charge on any atom is -0.475 e. The number of nitrogens with two attached hydrogens (primary N) is 1. The van der Waals surface area contributed by atoms with Crippen LogP contribution in [0.2, 0.25) is 0 Å². The molecule has 0 aromatic carbocycles. The van der Waals surface area contributed by atoms with Gasteiger partial charge in [0.15, 0.2) is 0 Å². The Morgan fingerprint density at radius 2 is 1.38 bits per heavy atom. The average molecular weight is 243 g/mol. The molecule has 6 heteroatoms. The predicted molar refractivity (Wildman–Crippen MR) is 56.0 cm³/mol. The van der Waals surface area contributed by atoms with Gasteiger partial charge in [-0.2, -0.15) is 13.2 Å². The lowest BCUT2D eigenvalue weighted by Gasteiger charge is -2.28. The normalized spacial score (nSPS) is 12.8. The highest BCUT2D eigenvalue weighted by molar-refractivity contribution is 5.73. The molecule has 0 aliphatic heterocycles. The van der Waals surface area contributed by atoms with Gasteiger partial charge < -0.3 is 10.8 Å². The maximum atomic E-state index is 10.6. The van der Waals surface area contributed by atoms with E-state index in [9.17, 15) is 13.2 Å². The monoisotopic (exact) mass is 243 g/mol. The van der Waals surface area contributed by atoms with E-state index in [1.807, 2.05) is 0 Å². The molecule has 0 aromatic rings. The van der Waals surface area contributed by atoms with E-state index in [1.165, 1.54) is 0 Å². The summed E-state index contributed by atoms with van der Waals surface area (Å²) in [5, 5.41) is 7.12. The standard InChI is InChI=1S/C8H19N.C2HF3O2/c1-7(2,3)6-8(4,5)9;3-2(4,5)1(6)7/h6,9H2,1-5H3;(H,6,7). The van der Waals surface area contributed by atoms with Crippen LogP contribution in [0.5, 0.6) is 0 Å². The molecule has 0 aliphatic rings. The Labute approximate surface area is 93.8 Å². The smallest absolute Gasteiger partial charge is 0.475 e. The molecule has 0 radical (unpaired) electrons. The van der Waals surface area contributed by atoms with Crippen molar-refractivity contribution in [3.63, 3.8) is 0 Å². The molecule has 0 aliphatic carbocycles. The molecule has 0 amide bonds. The summed E-state index contributed by atoms with van der Waals surface area (Å²) in [6, 6.07) is 0. The summed E-state index contributed by atoms with van der Waals surface area (Å²) in [6.45, 7) is 10.8. The van der Waals surface area contributed by atoms with Crippen molar-refractivity contribution >= 4 is 5.97 Å². The molecule has 0 spiro atoms. The van der Waals surface area contributed by atoms with Crippen molar-refractivity contribution in [1.29, 1.82) is 0 Å². The van der Waals surface area contributed by atoms with Crippen LogP contribution < -0.4 is 5.73 Å². The van der Waals surface area contributed by atoms with Gasteiger partial charge >= 0.3 is 12.1 Å². The van der Waals surface area contributed by atoms with Gasteiger partial charge in [-0.15, -0.1) is 0 Å². The van der Waals surface area contributed by atoms with Crippen LogP contribution in [-0.4, -0.2) is 22.8 Å². The lowest BCUT2D eigenvalue weighted by Crippen LogP contribution is -2.36. The first-order valence-corrected chi connectivity index (χ1v) is 4.74. The Balaban J connectivity index is 0. The third kappa shape index (κ3) is 15.7. The Bertz CT molecular complexity index is 212. The zero-order chi connectivity index (χ0) is 13.8. The highest BCUT2D eigenvalue weighted by atomic mass is 19.4. The zero-order valence-electron chi connectivity index (χ0n) is 10.3. The van der Waals surface area contributed by atoms with Crippen LogP contribution in [0.3, 0.4) is 0 Å². The number of halogens is 3. The SMILES string of the molecule is CC(C)(C)CC(C)(C)N.O=C(O)C(F)(F)F. The van der Waals surface area contributed by atoms with E-state index in [1.54, 1.807) is 0 Å². The molecule has 0 saturated carbocycles. The van der Waals surface area contributed by atoms with E-state index in [4.69, 9.17) is 15.6 Å².